The van der Waals surface area contributed by atoms with E-state index in [1.807, 2.05) is 24.9 Å². The molecule has 0 aliphatic heterocycles. The molecule has 1 saturated carbocycles. The summed E-state index contributed by atoms with van der Waals surface area (Å²) in [6, 6.07) is 6.43. The predicted molar refractivity (Wildman–Crippen MR) is 77.6 cm³/mol. The van der Waals surface area contributed by atoms with Crippen LogP contribution in [0.1, 0.15) is 30.1 Å². The number of nitrogens with zero attached hydrogens (tertiary/aromatic N) is 3. The smallest absolute Gasteiger partial charge is 0.141 e. The largest absolute Gasteiger partial charge is 0.383 e. The van der Waals surface area contributed by atoms with Gasteiger partial charge in [0.25, 0.3) is 0 Å². The molecule has 5 heteroatoms. The summed E-state index contributed by atoms with van der Waals surface area (Å²) in [5.74, 6) is 2.20. The summed E-state index contributed by atoms with van der Waals surface area (Å²) in [7, 11) is 1.86. The van der Waals surface area contributed by atoms with Gasteiger partial charge in [0.05, 0.1) is 0 Å². The van der Waals surface area contributed by atoms with Gasteiger partial charge in [-0.25, -0.2) is 14.4 Å². The topological polar surface area (TPSA) is 55.0 Å². The lowest BCUT2D eigenvalue weighted by Crippen LogP contribution is -2.16. The first kappa shape index (κ1) is 12.8. The van der Waals surface area contributed by atoms with Crippen LogP contribution in [-0.4, -0.2) is 17.0 Å². The van der Waals surface area contributed by atoms with Crippen molar-refractivity contribution in [3.05, 3.63) is 41.5 Å². The third-order valence-electron chi connectivity index (χ3n) is 3.63. The summed E-state index contributed by atoms with van der Waals surface area (Å²) in [5, 5.41) is 0. The quantitative estimate of drug-likeness (QED) is 0.932. The average molecular weight is 272 g/mol. The van der Waals surface area contributed by atoms with Gasteiger partial charge in [-0.3, -0.25) is 0 Å². The van der Waals surface area contributed by atoms with Crippen molar-refractivity contribution in [2.45, 2.75) is 25.7 Å². The highest BCUT2D eigenvalue weighted by Crippen LogP contribution is 2.40. The molecule has 0 unspecified atom stereocenters. The maximum Gasteiger partial charge on any atom is 0.141 e. The van der Waals surface area contributed by atoms with Gasteiger partial charge < -0.3 is 10.6 Å². The lowest BCUT2D eigenvalue weighted by molar-refractivity contribution is 0.628. The number of hydrogen-bond acceptors (Lipinski definition) is 4. The first-order valence-electron chi connectivity index (χ1n) is 6.69. The Balaban J connectivity index is 2.04. The van der Waals surface area contributed by atoms with Gasteiger partial charge in [-0.15, -0.1) is 0 Å². The SMILES string of the molecule is Cc1c(N)nc(C2CC2)nc1N(C)c1cccc(F)c1. The van der Waals surface area contributed by atoms with E-state index in [1.165, 1.54) is 12.1 Å². The van der Waals surface area contributed by atoms with Gasteiger partial charge in [0.15, 0.2) is 0 Å². The highest BCUT2D eigenvalue weighted by atomic mass is 19.1. The van der Waals surface area contributed by atoms with E-state index in [2.05, 4.69) is 9.97 Å². The van der Waals surface area contributed by atoms with E-state index in [0.717, 1.165) is 35.7 Å². The van der Waals surface area contributed by atoms with Crippen LogP contribution in [0.4, 0.5) is 21.7 Å². The summed E-state index contributed by atoms with van der Waals surface area (Å²) in [5.41, 5.74) is 7.54. The molecule has 1 fully saturated rings. The Kier molecular flexibility index (Phi) is 3.04. The maximum absolute atomic E-state index is 13.4. The van der Waals surface area contributed by atoms with Crippen LogP contribution in [0.25, 0.3) is 0 Å². The Hall–Kier alpha value is -2.17. The number of benzene rings is 1. The van der Waals surface area contributed by atoms with Crippen molar-refractivity contribution >= 4 is 17.3 Å². The normalized spacial score (nSPS) is 14.3. The van der Waals surface area contributed by atoms with Crippen molar-refractivity contribution < 1.29 is 4.39 Å². The molecule has 3 rings (SSSR count). The average Bonchev–Trinajstić information content (AvgIpc) is 3.25. The molecule has 0 atom stereocenters. The van der Waals surface area contributed by atoms with Crippen LogP contribution >= 0.6 is 0 Å². The van der Waals surface area contributed by atoms with Crippen LogP contribution in [0.5, 0.6) is 0 Å². The van der Waals surface area contributed by atoms with Crippen LogP contribution in [0, 0.1) is 12.7 Å². The first-order valence-corrected chi connectivity index (χ1v) is 6.69. The van der Waals surface area contributed by atoms with Gasteiger partial charge in [-0.1, -0.05) is 6.07 Å². The first-order chi connectivity index (χ1) is 9.56. The molecule has 1 aliphatic carbocycles. The second kappa shape index (κ2) is 4.74. The Morgan fingerprint density at radius 2 is 2.05 bits per heavy atom. The lowest BCUT2D eigenvalue weighted by Gasteiger charge is -2.21. The molecule has 0 saturated heterocycles. The fraction of sp³-hybridized carbons (Fsp3) is 0.333. The third-order valence-corrected chi connectivity index (χ3v) is 3.63. The van der Waals surface area contributed by atoms with Crippen LogP contribution in [0.3, 0.4) is 0 Å². The highest BCUT2D eigenvalue weighted by Gasteiger charge is 2.28. The number of rotatable bonds is 3. The predicted octanol–water partition coefficient (Wildman–Crippen LogP) is 3.15. The standard InChI is InChI=1S/C15H17FN4/c1-9-13(17)18-14(10-6-7-10)19-15(9)20(2)12-5-3-4-11(16)8-12/h3-5,8,10H,6-7H2,1-2H3,(H2,17,18,19). The zero-order chi connectivity index (χ0) is 14.3. The molecule has 2 N–H and O–H groups in total. The van der Waals surface area contributed by atoms with Crippen molar-refractivity contribution in [1.29, 1.82) is 0 Å². The number of hydrogen-bond donors (Lipinski definition) is 1. The van der Waals surface area contributed by atoms with E-state index in [1.54, 1.807) is 6.07 Å². The summed E-state index contributed by atoms with van der Waals surface area (Å²) >= 11 is 0. The lowest BCUT2D eigenvalue weighted by atomic mass is 10.2. The number of anilines is 3. The number of halogens is 1. The Morgan fingerprint density at radius 3 is 2.70 bits per heavy atom. The van der Waals surface area contributed by atoms with Crippen LogP contribution < -0.4 is 10.6 Å². The molecule has 1 heterocycles. The van der Waals surface area contributed by atoms with E-state index in [-0.39, 0.29) is 5.82 Å². The molecule has 4 nitrogen and oxygen atoms in total. The highest BCUT2D eigenvalue weighted by molar-refractivity contribution is 5.66. The summed E-state index contributed by atoms with van der Waals surface area (Å²) in [6.07, 6.45) is 2.23. The molecule has 0 spiro atoms. The summed E-state index contributed by atoms with van der Waals surface area (Å²) < 4.78 is 13.4. The minimum Gasteiger partial charge on any atom is -0.383 e. The molecule has 1 aromatic carbocycles. The summed E-state index contributed by atoms with van der Waals surface area (Å²) in [4.78, 5) is 10.8. The van der Waals surface area contributed by atoms with Crippen LogP contribution in [0.15, 0.2) is 24.3 Å². The molecule has 1 aliphatic rings. The van der Waals surface area contributed by atoms with E-state index in [4.69, 9.17) is 5.73 Å². The Bertz CT molecular complexity index is 652. The number of aromatic nitrogens is 2. The summed E-state index contributed by atoms with van der Waals surface area (Å²) in [6.45, 7) is 1.89. The second-order valence-corrected chi connectivity index (χ2v) is 5.23. The number of nitrogens with two attached hydrogens (primary N) is 1. The molecule has 2 aromatic rings. The second-order valence-electron chi connectivity index (χ2n) is 5.23. The maximum atomic E-state index is 13.4. The minimum absolute atomic E-state index is 0.267. The van der Waals surface area contributed by atoms with E-state index >= 15 is 0 Å². The monoisotopic (exact) mass is 272 g/mol. The number of nitrogen functional groups attached to an aromatic ring is 1. The molecule has 0 bridgehead atoms. The van der Waals surface area contributed by atoms with Gasteiger partial charge in [-0.05, 0) is 38.0 Å². The van der Waals surface area contributed by atoms with Crippen LogP contribution in [0.2, 0.25) is 0 Å². The van der Waals surface area contributed by atoms with Gasteiger partial charge in [0.2, 0.25) is 0 Å². The molecule has 104 valence electrons. The molecule has 0 radical (unpaired) electrons. The zero-order valence-electron chi connectivity index (χ0n) is 11.6. The van der Waals surface area contributed by atoms with Crippen molar-refractivity contribution in [1.82, 2.24) is 9.97 Å². The van der Waals surface area contributed by atoms with Gasteiger partial charge in [-0.2, -0.15) is 0 Å². The molecular formula is C15H17FN4. The van der Waals surface area contributed by atoms with Crippen molar-refractivity contribution in [2.75, 3.05) is 17.7 Å². The van der Waals surface area contributed by atoms with Crippen molar-refractivity contribution in [2.24, 2.45) is 0 Å². The molecule has 20 heavy (non-hydrogen) atoms. The molecule has 1 aromatic heterocycles. The fourth-order valence-electron chi connectivity index (χ4n) is 2.20. The van der Waals surface area contributed by atoms with Gasteiger partial charge in [0, 0.05) is 24.2 Å². The third kappa shape index (κ3) is 2.31. The van der Waals surface area contributed by atoms with Crippen molar-refractivity contribution in [3.63, 3.8) is 0 Å². The van der Waals surface area contributed by atoms with Gasteiger partial charge >= 0.3 is 0 Å². The zero-order valence-corrected chi connectivity index (χ0v) is 11.6. The van der Waals surface area contributed by atoms with E-state index in [9.17, 15) is 4.39 Å². The molecule has 0 amide bonds. The Morgan fingerprint density at radius 1 is 1.30 bits per heavy atom. The van der Waals surface area contributed by atoms with E-state index in [0.29, 0.717) is 11.7 Å². The van der Waals surface area contributed by atoms with Crippen LogP contribution in [-0.2, 0) is 0 Å². The minimum atomic E-state index is -0.267. The van der Waals surface area contributed by atoms with Gasteiger partial charge in [0.1, 0.15) is 23.3 Å². The fourth-order valence-corrected chi connectivity index (χ4v) is 2.20. The molecular weight excluding hydrogens is 255 g/mol. The Labute approximate surface area is 117 Å². The van der Waals surface area contributed by atoms with Crippen molar-refractivity contribution in [3.8, 4) is 0 Å². The van der Waals surface area contributed by atoms with E-state index < -0.39 is 0 Å².